The van der Waals surface area contributed by atoms with Gasteiger partial charge in [-0.25, -0.2) is 9.59 Å². The highest BCUT2D eigenvalue weighted by Gasteiger charge is 2.12. The van der Waals surface area contributed by atoms with Gasteiger partial charge in [-0.05, 0) is 60.9 Å². The van der Waals surface area contributed by atoms with Gasteiger partial charge < -0.3 is 9.47 Å². The topological polar surface area (TPSA) is 52.6 Å². The lowest BCUT2D eigenvalue weighted by atomic mass is 10.1. The molecule has 0 heterocycles. The number of carbonyl (C=O) groups excluding carboxylic acids is 2. The first-order valence-electron chi connectivity index (χ1n) is 7.62. The largest absolute Gasteiger partial charge is 0.462 e. The maximum Gasteiger partial charge on any atom is 0.343 e. The summed E-state index contributed by atoms with van der Waals surface area (Å²) in [7, 11) is 0. The third-order valence-electron chi connectivity index (χ3n) is 3.24. The van der Waals surface area contributed by atoms with Crippen LogP contribution in [0.1, 0.15) is 40.1 Å². The summed E-state index contributed by atoms with van der Waals surface area (Å²) in [6.45, 7) is 6.12. The quantitative estimate of drug-likeness (QED) is 0.582. The van der Waals surface area contributed by atoms with Crippen LogP contribution < -0.4 is 4.74 Å². The van der Waals surface area contributed by atoms with Crippen LogP contribution in [-0.4, -0.2) is 18.5 Å². The lowest BCUT2D eigenvalue weighted by Crippen LogP contribution is -2.11. The second-order valence-corrected chi connectivity index (χ2v) is 6.28. The number of rotatable bonds is 5. The molecule has 0 atom stereocenters. The third kappa shape index (κ3) is 4.83. The van der Waals surface area contributed by atoms with Crippen LogP contribution in [0.2, 0.25) is 5.02 Å². The summed E-state index contributed by atoms with van der Waals surface area (Å²) in [5.74, 6) is -0.218. The molecule has 2 rings (SSSR count). The van der Waals surface area contributed by atoms with Crippen LogP contribution in [0.3, 0.4) is 0 Å². The molecule has 0 radical (unpaired) electrons. The van der Waals surface area contributed by atoms with Gasteiger partial charge in [0.1, 0.15) is 5.75 Å². The molecule has 0 spiro atoms. The first kappa shape index (κ1) is 18.0. The molecular weight excluding hydrogens is 328 g/mol. The highest BCUT2D eigenvalue weighted by molar-refractivity contribution is 6.31. The fourth-order valence-electron chi connectivity index (χ4n) is 1.91. The van der Waals surface area contributed by atoms with Gasteiger partial charge in [-0.2, -0.15) is 0 Å². The average molecular weight is 347 g/mol. The monoisotopic (exact) mass is 346 g/mol. The summed E-state index contributed by atoms with van der Waals surface area (Å²) in [5, 5.41) is 0.610. The highest BCUT2D eigenvalue weighted by Crippen LogP contribution is 2.22. The van der Waals surface area contributed by atoms with Gasteiger partial charge in [0.25, 0.3) is 0 Å². The van der Waals surface area contributed by atoms with E-state index < -0.39 is 11.9 Å². The lowest BCUT2D eigenvalue weighted by Gasteiger charge is -2.08. The fourth-order valence-corrected chi connectivity index (χ4v) is 2.03. The number of ether oxygens (including phenoxy) is 2. The van der Waals surface area contributed by atoms with Crippen LogP contribution in [0.4, 0.5) is 0 Å². The summed E-state index contributed by atoms with van der Waals surface area (Å²) in [4.78, 5) is 24.0. The Balaban J connectivity index is 2.02. The van der Waals surface area contributed by atoms with E-state index in [1.54, 1.807) is 30.3 Å². The lowest BCUT2D eigenvalue weighted by molar-refractivity contribution is 0.0458. The minimum atomic E-state index is -0.501. The summed E-state index contributed by atoms with van der Waals surface area (Å²) in [6.07, 6.45) is 0. The standard InChI is InChI=1S/C19H19ClO4/c1-12(2)11-23-18(21)14-4-6-15(7-5-14)19(22)24-16-8-9-17(20)13(3)10-16/h4-10,12H,11H2,1-3H3. The molecule has 0 aliphatic rings. The van der Waals surface area contributed by atoms with E-state index in [9.17, 15) is 9.59 Å². The van der Waals surface area contributed by atoms with Crippen molar-refractivity contribution in [1.82, 2.24) is 0 Å². The van der Waals surface area contributed by atoms with E-state index in [0.29, 0.717) is 28.5 Å². The van der Waals surface area contributed by atoms with E-state index >= 15 is 0 Å². The zero-order chi connectivity index (χ0) is 17.7. The summed E-state index contributed by atoms with van der Waals surface area (Å²) in [5.41, 5.74) is 1.57. The fraction of sp³-hybridized carbons (Fsp3) is 0.263. The van der Waals surface area contributed by atoms with Crippen LogP contribution in [0.25, 0.3) is 0 Å². The predicted molar refractivity (Wildman–Crippen MR) is 92.7 cm³/mol. The molecule has 0 saturated carbocycles. The van der Waals surface area contributed by atoms with Crippen LogP contribution in [0.5, 0.6) is 5.75 Å². The molecule has 2 aromatic rings. The smallest absolute Gasteiger partial charge is 0.343 e. The Kier molecular flexibility index (Phi) is 5.99. The first-order chi connectivity index (χ1) is 11.4. The summed E-state index contributed by atoms with van der Waals surface area (Å²) >= 11 is 5.94. The van der Waals surface area contributed by atoms with Crippen LogP contribution in [0.15, 0.2) is 42.5 Å². The number of aryl methyl sites for hydroxylation is 1. The van der Waals surface area contributed by atoms with Crippen molar-refractivity contribution < 1.29 is 19.1 Å². The molecule has 0 aliphatic carbocycles. The molecule has 0 bridgehead atoms. The van der Waals surface area contributed by atoms with E-state index in [1.165, 1.54) is 12.1 Å². The molecule has 0 saturated heterocycles. The van der Waals surface area contributed by atoms with Crippen molar-refractivity contribution in [3.63, 3.8) is 0 Å². The Bertz CT molecular complexity index is 736. The number of esters is 2. The maximum absolute atomic E-state index is 12.1. The van der Waals surface area contributed by atoms with E-state index in [4.69, 9.17) is 21.1 Å². The second-order valence-electron chi connectivity index (χ2n) is 5.87. The normalized spacial score (nSPS) is 10.5. The minimum Gasteiger partial charge on any atom is -0.462 e. The zero-order valence-electron chi connectivity index (χ0n) is 13.8. The molecule has 0 amide bonds. The molecule has 24 heavy (non-hydrogen) atoms. The third-order valence-corrected chi connectivity index (χ3v) is 3.67. The van der Waals surface area contributed by atoms with Gasteiger partial charge in [0.15, 0.2) is 0 Å². The van der Waals surface area contributed by atoms with Crippen molar-refractivity contribution in [3.8, 4) is 5.75 Å². The van der Waals surface area contributed by atoms with Crippen molar-refractivity contribution in [2.75, 3.05) is 6.61 Å². The van der Waals surface area contributed by atoms with Crippen molar-refractivity contribution >= 4 is 23.5 Å². The maximum atomic E-state index is 12.1. The van der Waals surface area contributed by atoms with Gasteiger partial charge in [-0.15, -0.1) is 0 Å². The van der Waals surface area contributed by atoms with Gasteiger partial charge in [0, 0.05) is 5.02 Å². The van der Waals surface area contributed by atoms with E-state index in [0.717, 1.165) is 5.56 Å². The predicted octanol–water partition coefficient (Wildman–Crippen LogP) is 4.68. The zero-order valence-corrected chi connectivity index (χ0v) is 14.6. The molecule has 4 nitrogen and oxygen atoms in total. The van der Waals surface area contributed by atoms with Crippen LogP contribution in [0, 0.1) is 12.8 Å². The SMILES string of the molecule is Cc1cc(OC(=O)c2ccc(C(=O)OCC(C)C)cc2)ccc1Cl. The van der Waals surface area contributed by atoms with Crippen molar-refractivity contribution in [1.29, 1.82) is 0 Å². The molecule has 0 aromatic heterocycles. The first-order valence-corrected chi connectivity index (χ1v) is 8.00. The molecule has 5 heteroatoms. The molecule has 0 unspecified atom stereocenters. The molecule has 0 N–H and O–H groups in total. The molecule has 2 aromatic carbocycles. The Morgan fingerprint density at radius 2 is 1.58 bits per heavy atom. The van der Waals surface area contributed by atoms with Gasteiger partial charge in [0.05, 0.1) is 17.7 Å². The molecular formula is C19H19ClO4. The van der Waals surface area contributed by atoms with Gasteiger partial charge >= 0.3 is 11.9 Å². The number of hydrogen-bond donors (Lipinski definition) is 0. The van der Waals surface area contributed by atoms with Crippen LogP contribution >= 0.6 is 11.6 Å². The van der Waals surface area contributed by atoms with E-state index in [1.807, 2.05) is 20.8 Å². The van der Waals surface area contributed by atoms with Crippen molar-refractivity contribution in [2.45, 2.75) is 20.8 Å². The number of benzene rings is 2. The molecule has 0 fully saturated rings. The van der Waals surface area contributed by atoms with E-state index in [-0.39, 0.29) is 5.92 Å². The second kappa shape index (κ2) is 7.97. The van der Waals surface area contributed by atoms with E-state index in [2.05, 4.69) is 0 Å². The van der Waals surface area contributed by atoms with Crippen molar-refractivity contribution in [2.24, 2.45) is 5.92 Å². The summed E-state index contributed by atoms with van der Waals surface area (Å²) < 4.78 is 10.4. The average Bonchev–Trinajstić information content (AvgIpc) is 2.56. The van der Waals surface area contributed by atoms with Crippen molar-refractivity contribution in [3.05, 3.63) is 64.2 Å². The Labute approximate surface area is 146 Å². The van der Waals surface area contributed by atoms with Gasteiger partial charge in [-0.1, -0.05) is 25.4 Å². The van der Waals surface area contributed by atoms with Gasteiger partial charge in [0.2, 0.25) is 0 Å². The Morgan fingerprint density at radius 1 is 1.00 bits per heavy atom. The number of halogens is 1. The Morgan fingerprint density at radius 3 is 2.12 bits per heavy atom. The van der Waals surface area contributed by atoms with Gasteiger partial charge in [-0.3, -0.25) is 0 Å². The molecule has 0 aliphatic heterocycles. The number of carbonyl (C=O) groups is 2. The van der Waals surface area contributed by atoms with Crippen LogP contribution in [-0.2, 0) is 4.74 Å². The minimum absolute atomic E-state index is 0.269. The molecule has 126 valence electrons. The number of hydrogen-bond acceptors (Lipinski definition) is 4. The Hall–Kier alpha value is -2.33. The summed E-state index contributed by atoms with van der Waals surface area (Å²) in [6, 6.07) is 11.2. The highest BCUT2D eigenvalue weighted by atomic mass is 35.5.